The number of nitrogens with zero attached hydrogens (tertiary/aromatic N) is 4. The van der Waals surface area contributed by atoms with E-state index in [-0.39, 0.29) is 5.41 Å². The van der Waals surface area contributed by atoms with Crippen molar-refractivity contribution >= 4 is 31.5 Å². The highest BCUT2D eigenvalue weighted by molar-refractivity contribution is 7.26. The zero-order valence-electron chi connectivity index (χ0n) is 27.9. The van der Waals surface area contributed by atoms with Gasteiger partial charge >= 0.3 is 0 Å². The largest absolute Gasteiger partial charge is 0.208 e. The highest BCUT2D eigenvalue weighted by atomic mass is 32.1. The van der Waals surface area contributed by atoms with Crippen molar-refractivity contribution in [1.29, 1.82) is 5.26 Å². The van der Waals surface area contributed by atoms with Crippen molar-refractivity contribution in [2.45, 2.75) is 37.5 Å². The van der Waals surface area contributed by atoms with Crippen molar-refractivity contribution in [3.05, 3.63) is 150 Å². The minimum absolute atomic E-state index is 0.0305. The lowest BCUT2D eigenvalue weighted by Gasteiger charge is -2.36. The maximum absolute atomic E-state index is 9.89. The Bertz CT molecular complexity index is 2620. The predicted octanol–water partition coefficient (Wildman–Crippen LogP) is 12.0. The summed E-state index contributed by atoms with van der Waals surface area (Å²) < 4.78 is 2.39. The average molecular weight is 673 g/mol. The van der Waals surface area contributed by atoms with E-state index in [1.165, 1.54) is 68.1 Å². The summed E-state index contributed by atoms with van der Waals surface area (Å²) in [5.41, 5.74) is 11.5. The summed E-state index contributed by atoms with van der Waals surface area (Å²) in [5.74, 6) is 1.99. The van der Waals surface area contributed by atoms with Gasteiger partial charge < -0.3 is 0 Å². The van der Waals surface area contributed by atoms with Crippen LogP contribution in [0.15, 0.2) is 133 Å². The zero-order chi connectivity index (χ0) is 33.9. The third-order valence-electron chi connectivity index (χ3n) is 11.0. The quantitative estimate of drug-likeness (QED) is 0.187. The van der Waals surface area contributed by atoms with E-state index in [0.29, 0.717) is 17.5 Å². The lowest BCUT2D eigenvalue weighted by molar-refractivity contribution is 0.353. The van der Waals surface area contributed by atoms with Crippen molar-refractivity contribution in [2.24, 2.45) is 0 Å². The second-order valence-corrected chi connectivity index (χ2v) is 14.8. The molecule has 1 fully saturated rings. The fourth-order valence-corrected chi connectivity index (χ4v) is 9.82. The van der Waals surface area contributed by atoms with Crippen LogP contribution < -0.4 is 0 Å². The Morgan fingerprint density at radius 2 is 1.22 bits per heavy atom. The van der Waals surface area contributed by atoms with Crippen LogP contribution in [0.4, 0.5) is 0 Å². The highest BCUT2D eigenvalue weighted by Crippen LogP contribution is 2.58. The van der Waals surface area contributed by atoms with Gasteiger partial charge in [-0.1, -0.05) is 122 Å². The van der Waals surface area contributed by atoms with E-state index in [1.807, 2.05) is 66.7 Å². The molecule has 242 valence electrons. The van der Waals surface area contributed by atoms with Crippen molar-refractivity contribution in [3.63, 3.8) is 0 Å². The first-order valence-corrected chi connectivity index (χ1v) is 18.5. The third kappa shape index (κ3) is 4.75. The van der Waals surface area contributed by atoms with Crippen LogP contribution in [0.2, 0.25) is 0 Å². The number of nitriles is 1. The molecule has 0 amide bonds. The van der Waals surface area contributed by atoms with Gasteiger partial charge in [0.15, 0.2) is 17.5 Å². The Morgan fingerprint density at radius 3 is 1.94 bits per heavy atom. The molecule has 4 nitrogen and oxygen atoms in total. The molecule has 2 aliphatic carbocycles. The van der Waals surface area contributed by atoms with Crippen LogP contribution in [0, 0.1) is 11.3 Å². The molecule has 1 saturated carbocycles. The first-order chi connectivity index (χ1) is 25.2. The van der Waals surface area contributed by atoms with Gasteiger partial charge in [0.05, 0.1) is 11.6 Å². The molecule has 0 aliphatic heterocycles. The first-order valence-electron chi connectivity index (χ1n) is 17.7. The standard InChI is InChI=1S/C46H32N4S/c47-28-29-20-22-38-37(26-29)41-33(16-11-19-39(41)46(38)24-8-3-9-25-46)32-21-23-40-36(27-32)34-17-10-18-35(42(34)51-40)45-49-43(30-12-4-1-5-13-30)48-44(50-45)31-14-6-2-7-15-31/h1-2,4-7,10-23,26-27H,3,8-9,24-25H2. The number of aromatic nitrogens is 3. The van der Waals surface area contributed by atoms with Crippen molar-refractivity contribution in [3.8, 4) is 62.5 Å². The maximum Gasteiger partial charge on any atom is 0.165 e. The van der Waals surface area contributed by atoms with Gasteiger partial charge in [0.1, 0.15) is 0 Å². The number of rotatable bonds is 4. The van der Waals surface area contributed by atoms with Crippen LogP contribution >= 0.6 is 11.3 Å². The van der Waals surface area contributed by atoms with Gasteiger partial charge in [-0.3, -0.25) is 0 Å². The molecule has 0 bridgehead atoms. The number of benzene rings is 6. The number of hydrogen-bond donors (Lipinski definition) is 0. The summed E-state index contributed by atoms with van der Waals surface area (Å²) >= 11 is 1.79. The number of thiophene rings is 1. The van der Waals surface area contributed by atoms with E-state index >= 15 is 0 Å². The van der Waals surface area contributed by atoms with Gasteiger partial charge in [-0.15, -0.1) is 11.3 Å². The fraction of sp³-hybridized carbons (Fsp3) is 0.130. The van der Waals surface area contributed by atoms with Crippen LogP contribution in [-0.2, 0) is 5.41 Å². The SMILES string of the molecule is N#Cc1ccc2c(c1)-c1c(-c3ccc4sc5c(-c6nc(-c7ccccc7)nc(-c7ccccc7)n6)cccc5c4c3)cccc1C21CCCCC1. The van der Waals surface area contributed by atoms with E-state index in [1.54, 1.807) is 11.3 Å². The number of fused-ring (bicyclic) bond motifs is 8. The van der Waals surface area contributed by atoms with Gasteiger partial charge in [0.2, 0.25) is 0 Å². The monoisotopic (exact) mass is 672 g/mol. The molecule has 10 rings (SSSR count). The van der Waals surface area contributed by atoms with Gasteiger partial charge in [0.25, 0.3) is 0 Å². The first kappa shape index (κ1) is 29.9. The summed E-state index contributed by atoms with van der Waals surface area (Å²) in [6.07, 6.45) is 6.08. The lowest BCUT2D eigenvalue weighted by Crippen LogP contribution is -2.28. The van der Waals surface area contributed by atoms with E-state index in [4.69, 9.17) is 15.0 Å². The topological polar surface area (TPSA) is 62.5 Å². The molecule has 5 heteroatoms. The molecule has 2 aromatic heterocycles. The van der Waals surface area contributed by atoms with Crippen LogP contribution in [-0.4, -0.2) is 15.0 Å². The normalized spacial score (nSPS) is 14.4. The highest BCUT2D eigenvalue weighted by Gasteiger charge is 2.44. The van der Waals surface area contributed by atoms with Gasteiger partial charge in [-0.05, 0) is 76.6 Å². The molecular formula is C46H32N4S. The van der Waals surface area contributed by atoms with Crippen LogP contribution in [0.5, 0.6) is 0 Å². The molecule has 0 radical (unpaired) electrons. The molecule has 0 unspecified atom stereocenters. The summed E-state index contributed by atoms with van der Waals surface area (Å²) in [4.78, 5) is 15.0. The van der Waals surface area contributed by atoms with Crippen LogP contribution in [0.25, 0.3) is 76.6 Å². The smallest absolute Gasteiger partial charge is 0.165 e. The molecule has 0 saturated heterocycles. The minimum atomic E-state index is 0.0305. The van der Waals surface area contributed by atoms with Crippen LogP contribution in [0.3, 0.4) is 0 Å². The summed E-state index contributed by atoms with van der Waals surface area (Å²) in [6, 6.07) is 49.3. The molecule has 8 aromatic rings. The molecule has 6 aromatic carbocycles. The average Bonchev–Trinajstić information content (AvgIpc) is 3.71. The van der Waals surface area contributed by atoms with E-state index in [2.05, 4.69) is 72.8 Å². The molecule has 51 heavy (non-hydrogen) atoms. The minimum Gasteiger partial charge on any atom is -0.208 e. The number of hydrogen-bond acceptors (Lipinski definition) is 5. The zero-order valence-corrected chi connectivity index (χ0v) is 28.8. The molecule has 1 spiro atoms. The predicted molar refractivity (Wildman–Crippen MR) is 208 cm³/mol. The third-order valence-corrected chi connectivity index (χ3v) is 12.2. The summed E-state index contributed by atoms with van der Waals surface area (Å²) in [6.45, 7) is 0. The van der Waals surface area contributed by atoms with Crippen molar-refractivity contribution in [1.82, 2.24) is 15.0 Å². The Labute approximate surface area is 300 Å². The van der Waals surface area contributed by atoms with Gasteiger partial charge in [-0.25, -0.2) is 15.0 Å². The Morgan fingerprint density at radius 1 is 0.529 bits per heavy atom. The maximum atomic E-state index is 9.89. The molecule has 2 heterocycles. The summed E-state index contributed by atoms with van der Waals surface area (Å²) in [7, 11) is 0. The fourth-order valence-electron chi connectivity index (χ4n) is 8.63. The second kappa shape index (κ2) is 11.8. The molecule has 0 N–H and O–H groups in total. The summed E-state index contributed by atoms with van der Waals surface area (Å²) in [5, 5.41) is 12.3. The van der Waals surface area contributed by atoms with Crippen molar-refractivity contribution in [2.75, 3.05) is 0 Å². The lowest BCUT2D eigenvalue weighted by atomic mass is 9.67. The van der Waals surface area contributed by atoms with Gasteiger partial charge in [-0.2, -0.15) is 5.26 Å². The second-order valence-electron chi connectivity index (χ2n) is 13.8. The molecule has 0 atom stereocenters. The van der Waals surface area contributed by atoms with E-state index in [0.717, 1.165) is 39.8 Å². The Kier molecular flexibility index (Phi) is 6.94. The Balaban J connectivity index is 1.15. The van der Waals surface area contributed by atoms with E-state index < -0.39 is 0 Å². The molecular weight excluding hydrogens is 641 g/mol. The van der Waals surface area contributed by atoms with Gasteiger partial charge in [0, 0.05) is 42.3 Å². The Hall–Kier alpha value is -5.96. The molecule has 2 aliphatic rings. The van der Waals surface area contributed by atoms with E-state index in [9.17, 15) is 5.26 Å². The van der Waals surface area contributed by atoms with Crippen LogP contribution in [0.1, 0.15) is 48.8 Å². The van der Waals surface area contributed by atoms with Crippen molar-refractivity contribution < 1.29 is 0 Å².